The molecule has 0 bridgehead atoms. The largest absolute Gasteiger partial charge is 0.307 e. The summed E-state index contributed by atoms with van der Waals surface area (Å²) in [5.41, 5.74) is 7.09. The molecule has 1 fully saturated rings. The molecule has 0 aromatic heterocycles. The van der Waals surface area contributed by atoms with Crippen LogP contribution >= 0.6 is 0 Å². The summed E-state index contributed by atoms with van der Waals surface area (Å²) in [5, 5.41) is 3.81. The van der Waals surface area contributed by atoms with Crippen molar-refractivity contribution in [2.24, 2.45) is 0 Å². The predicted molar refractivity (Wildman–Crippen MR) is 89.8 cm³/mol. The first-order valence-electron chi connectivity index (χ1n) is 7.95. The summed E-state index contributed by atoms with van der Waals surface area (Å²) in [6, 6.07) is 16.6. The molecule has 3 rings (SSSR count). The van der Waals surface area contributed by atoms with Crippen molar-refractivity contribution in [3.05, 3.63) is 70.3 Å². The van der Waals surface area contributed by atoms with Crippen LogP contribution in [-0.4, -0.2) is 6.04 Å². The molecule has 0 radical (unpaired) electrons. The summed E-state index contributed by atoms with van der Waals surface area (Å²) in [4.78, 5) is 0. The van der Waals surface area contributed by atoms with E-state index < -0.39 is 0 Å². The maximum atomic E-state index is 3.81. The Morgan fingerprint density at radius 2 is 1.62 bits per heavy atom. The average Bonchev–Trinajstić information content (AvgIpc) is 3.23. The maximum absolute atomic E-state index is 3.81. The molecule has 0 saturated heterocycles. The van der Waals surface area contributed by atoms with E-state index in [0.29, 0.717) is 18.0 Å². The van der Waals surface area contributed by atoms with Crippen LogP contribution in [0.5, 0.6) is 0 Å². The lowest BCUT2D eigenvalue weighted by atomic mass is 9.96. The molecule has 0 spiro atoms. The molecule has 1 aliphatic carbocycles. The minimum absolute atomic E-state index is 0.419. The third-order valence-corrected chi connectivity index (χ3v) is 4.83. The van der Waals surface area contributed by atoms with E-state index in [4.69, 9.17) is 0 Å². The van der Waals surface area contributed by atoms with E-state index in [2.05, 4.69) is 75.5 Å². The molecule has 1 heteroatoms. The summed E-state index contributed by atoms with van der Waals surface area (Å²) in [7, 11) is 0. The summed E-state index contributed by atoms with van der Waals surface area (Å²) < 4.78 is 0. The summed E-state index contributed by atoms with van der Waals surface area (Å²) in [5.74, 6) is 0.695. The van der Waals surface area contributed by atoms with Gasteiger partial charge in [-0.2, -0.15) is 0 Å². The fourth-order valence-corrected chi connectivity index (χ4v) is 3.31. The maximum Gasteiger partial charge on any atom is 0.0297 e. The molecule has 0 aliphatic heterocycles. The van der Waals surface area contributed by atoms with Gasteiger partial charge >= 0.3 is 0 Å². The van der Waals surface area contributed by atoms with Crippen LogP contribution in [0.1, 0.15) is 53.1 Å². The van der Waals surface area contributed by atoms with Crippen LogP contribution in [0.15, 0.2) is 42.5 Å². The van der Waals surface area contributed by atoms with Crippen molar-refractivity contribution >= 4 is 0 Å². The lowest BCUT2D eigenvalue weighted by molar-refractivity contribution is 0.560. The van der Waals surface area contributed by atoms with Gasteiger partial charge in [0.25, 0.3) is 0 Å². The molecule has 0 amide bonds. The van der Waals surface area contributed by atoms with E-state index in [1.165, 1.54) is 34.2 Å². The Bertz CT molecular complexity index is 630. The van der Waals surface area contributed by atoms with E-state index in [0.717, 1.165) is 0 Å². The molecule has 0 heterocycles. The zero-order valence-corrected chi connectivity index (χ0v) is 13.5. The molecule has 1 aliphatic rings. The van der Waals surface area contributed by atoms with E-state index in [1.54, 1.807) is 0 Å². The number of aryl methyl sites for hydroxylation is 3. The highest BCUT2D eigenvalue weighted by Crippen LogP contribution is 2.42. The fraction of sp³-hybridized carbons (Fsp3) is 0.400. The minimum Gasteiger partial charge on any atom is -0.307 e. The van der Waals surface area contributed by atoms with Crippen molar-refractivity contribution in [1.82, 2.24) is 5.32 Å². The summed E-state index contributed by atoms with van der Waals surface area (Å²) in [6.45, 7) is 8.91. The molecule has 21 heavy (non-hydrogen) atoms. The average molecular weight is 279 g/mol. The Labute approximate surface area is 128 Å². The van der Waals surface area contributed by atoms with E-state index >= 15 is 0 Å². The molecule has 1 nitrogen and oxygen atoms in total. The number of nitrogens with one attached hydrogen (secondary N) is 1. The monoisotopic (exact) mass is 279 g/mol. The Kier molecular flexibility index (Phi) is 3.86. The molecule has 1 N–H and O–H groups in total. The second-order valence-electron chi connectivity index (χ2n) is 6.54. The van der Waals surface area contributed by atoms with Gasteiger partial charge in [-0.25, -0.2) is 0 Å². The standard InChI is InChI=1S/C20H25N/c1-13-10-15(3)18(11-14(13)2)16(4)21-20-12-19(20)17-8-6-5-7-9-17/h5-11,16,19-21H,12H2,1-4H3. The van der Waals surface area contributed by atoms with Crippen LogP contribution in [0.3, 0.4) is 0 Å². The Balaban J connectivity index is 1.68. The number of rotatable bonds is 4. The third kappa shape index (κ3) is 3.03. The molecule has 3 atom stereocenters. The van der Waals surface area contributed by atoms with Crippen LogP contribution in [0.2, 0.25) is 0 Å². The quantitative estimate of drug-likeness (QED) is 0.846. The van der Waals surface area contributed by atoms with E-state index in [-0.39, 0.29) is 0 Å². The zero-order valence-electron chi connectivity index (χ0n) is 13.5. The molecule has 1 saturated carbocycles. The van der Waals surface area contributed by atoms with Crippen molar-refractivity contribution < 1.29 is 0 Å². The Morgan fingerprint density at radius 3 is 2.33 bits per heavy atom. The van der Waals surface area contributed by atoms with Crippen molar-refractivity contribution in [1.29, 1.82) is 0 Å². The molecule has 2 aromatic carbocycles. The normalized spacial score (nSPS) is 22.1. The fourth-order valence-electron chi connectivity index (χ4n) is 3.31. The molecule has 3 unspecified atom stereocenters. The van der Waals surface area contributed by atoms with Gasteiger partial charge in [0, 0.05) is 18.0 Å². The van der Waals surface area contributed by atoms with Crippen molar-refractivity contribution in [2.45, 2.75) is 52.1 Å². The van der Waals surface area contributed by atoms with Gasteiger partial charge in [-0.05, 0) is 61.9 Å². The number of hydrogen-bond donors (Lipinski definition) is 1. The van der Waals surface area contributed by atoms with Crippen LogP contribution in [0, 0.1) is 20.8 Å². The first-order chi connectivity index (χ1) is 10.1. The van der Waals surface area contributed by atoms with E-state index in [9.17, 15) is 0 Å². The topological polar surface area (TPSA) is 12.0 Å². The van der Waals surface area contributed by atoms with Crippen LogP contribution < -0.4 is 5.32 Å². The van der Waals surface area contributed by atoms with E-state index in [1.807, 2.05) is 0 Å². The first-order valence-corrected chi connectivity index (χ1v) is 7.95. The highest BCUT2D eigenvalue weighted by atomic mass is 15.0. The SMILES string of the molecule is Cc1cc(C)c(C(C)NC2CC2c2ccccc2)cc1C. The van der Waals surface area contributed by atoms with Crippen molar-refractivity contribution in [3.63, 3.8) is 0 Å². The van der Waals surface area contributed by atoms with Gasteiger partial charge in [0.2, 0.25) is 0 Å². The lowest BCUT2D eigenvalue weighted by Crippen LogP contribution is -2.23. The highest BCUT2D eigenvalue weighted by molar-refractivity contribution is 5.38. The zero-order chi connectivity index (χ0) is 15.0. The first kappa shape index (κ1) is 14.3. The van der Waals surface area contributed by atoms with Gasteiger partial charge < -0.3 is 5.32 Å². The van der Waals surface area contributed by atoms with Crippen molar-refractivity contribution in [2.75, 3.05) is 0 Å². The molecular weight excluding hydrogens is 254 g/mol. The van der Waals surface area contributed by atoms with Crippen molar-refractivity contribution in [3.8, 4) is 0 Å². The second-order valence-corrected chi connectivity index (χ2v) is 6.54. The second kappa shape index (κ2) is 5.65. The number of hydrogen-bond acceptors (Lipinski definition) is 1. The predicted octanol–water partition coefficient (Wildman–Crippen LogP) is 4.82. The van der Waals surface area contributed by atoms with Gasteiger partial charge in [0.1, 0.15) is 0 Å². The Morgan fingerprint density at radius 1 is 0.952 bits per heavy atom. The van der Waals surface area contributed by atoms with Gasteiger partial charge in [0.05, 0.1) is 0 Å². The molecule has 110 valence electrons. The summed E-state index contributed by atoms with van der Waals surface area (Å²) in [6.07, 6.45) is 1.26. The lowest BCUT2D eigenvalue weighted by Gasteiger charge is -2.18. The highest BCUT2D eigenvalue weighted by Gasteiger charge is 2.38. The van der Waals surface area contributed by atoms with Gasteiger partial charge in [0.15, 0.2) is 0 Å². The molecular formula is C20H25N. The van der Waals surface area contributed by atoms with Gasteiger partial charge in [-0.1, -0.05) is 42.5 Å². The van der Waals surface area contributed by atoms with Crippen LogP contribution in [0.25, 0.3) is 0 Å². The minimum atomic E-state index is 0.419. The van der Waals surface area contributed by atoms with Gasteiger partial charge in [-0.15, -0.1) is 0 Å². The van der Waals surface area contributed by atoms with Gasteiger partial charge in [-0.3, -0.25) is 0 Å². The Hall–Kier alpha value is -1.60. The smallest absolute Gasteiger partial charge is 0.0297 e. The van der Waals surface area contributed by atoms with Crippen LogP contribution in [0.4, 0.5) is 0 Å². The third-order valence-electron chi connectivity index (χ3n) is 4.83. The molecule has 2 aromatic rings. The number of benzene rings is 2. The summed E-state index contributed by atoms with van der Waals surface area (Å²) >= 11 is 0. The van der Waals surface area contributed by atoms with Crippen LogP contribution in [-0.2, 0) is 0 Å².